The van der Waals surface area contributed by atoms with Crippen molar-refractivity contribution >= 4 is 34.8 Å². The first-order valence-electron chi connectivity index (χ1n) is 5.41. The molecule has 0 fully saturated rings. The van der Waals surface area contributed by atoms with Crippen molar-refractivity contribution in [2.45, 2.75) is 0 Å². The van der Waals surface area contributed by atoms with Crippen molar-refractivity contribution in [1.29, 1.82) is 0 Å². The molecule has 0 aromatic heterocycles. The monoisotopic (exact) mass is 314 g/mol. The second-order valence-electron chi connectivity index (χ2n) is 3.88. The number of benzene rings is 2. The van der Waals surface area contributed by atoms with Gasteiger partial charge in [-0.3, -0.25) is 4.79 Å². The Balaban J connectivity index is 2.48. The fourth-order valence-corrected chi connectivity index (χ4v) is 1.91. The van der Waals surface area contributed by atoms with Gasteiger partial charge in [-0.2, -0.15) is 0 Å². The SMILES string of the molecule is NC(=O)c1c(F)cccc1Oc1cc(Cl)c(Cl)cc1N. The Morgan fingerprint density at radius 3 is 2.45 bits per heavy atom. The van der Waals surface area contributed by atoms with Gasteiger partial charge in [-0.05, 0) is 18.2 Å². The van der Waals surface area contributed by atoms with Crippen LogP contribution in [0.3, 0.4) is 0 Å². The van der Waals surface area contributed by atoms with Crippen molar-refractivity contribution in [3.05, 3.63) is 51.8 Å². The first-order valence-corrected chi connectivity index (χ1v) is 6.16. The average Bonchev–Trinajstić information content (AvgIpc) is 2.35. The molecule has 0 unspecified atom stereocenters. The van der Waals surface area contributed by atoms with Crippen LogP contribution >= 0.6 is 23.2 Å². The molecule has 0 heterocycles. The molecule has 0 saturated heterocycles. The molecule has 0 aliphatic heterocycles. The van der Waals surface area contributed by atoms with Gasteiger partial charge < -0.3 is 16.2 Å². The standard InChI is InChI=1S/C13H9Cl2FN2O2/c14-6-4-9(17)11(5-7(6)15)20-10-3-1-2-8(16)12(10)13(18)19/h1-5H,17H2,(H2,18,19). The number of carbonyl (C=O) groups excluding carboxylic acids is 1. The van der Waals surface area contributed by atoms with E-state index in [0.29, 0.717) is 0 Å². The zero-order valence-corrected chi connectivity index (χ0v) is 11.5. The highest BCUT2D eigenvalue weighted by Gasteiger charge is 2.17. The third-order valence-corrected chi connectivity index (χ3v) is 3.22. The van der Waals surface area contributed by atoms with Crippen molar-refractivity contribution in [3.63, 3.8) is 0 Å². The van der Waals surface area contributed by atoms with Crippen molar-refractivity contribution in [2.24, 2.45) is 5.73 Å². The zero-order chi connectivity index (χ0) is 14.9. The van der Waals surface area contributed by atoms with Crippen LogP contribution in [0.15, 0.2) is 30.3 Å². The molecular formula is C13H9Cl2FN2O2. The van der Waals surface area contributed by atoms with Crippen LogP contribution in [0.2, 0.25) is 10.0 Å². The molecular weight excluding hydrogens is 306 g/mol. The first-order chi connectivity index (χ1) is 9.40. The molecule has 7 heteroatoms. The maximum Gasteiger partial charge on any atom is 0.255 e. The van der Waals surface area contributed by atoms with Crippen LogP contribution < -0.4 is 16.2 Å². The van der Waals surface area contributed by atoms with Crippen molar-refractivity contribution in [3.8, 4) is 11.5 Å². The summed E-state index contributed by atoms with van der Waals surface area (Å²) in [7, 11) is 0. The lowest BCUT2D eigenvalue weighted by Crippen LogP contribution is -2.14. The maximum absolute atomic E-state index is 13.6. The average molecular weight is 315 g/mol. The molecule has 20 heavy (non-hydrogen) atoms. The van der Waals surface area contributed by atoms with Crippen LogP contribution in [-0.4, -0.2) is 5.91 Å². The highest BCUT2D eigenvalue weighted by Crippen LogP contribution is 2.36. The van der Waals surface area contributed by atoms with Crippen molar-refractivity contribution in [1.82, 2.24) is 0 Å². The lowest BCUT2D eigenvalue weighted by Gasteiger charge is -2.12. The van der Waals surface area contributed by atoms with Gasteiger partial charge in [0.25, 0.3) is 5.91 Å². The topological polar surface area (TPSA) is 78.3 Å². The van der Waals surface area contributed by atoms with Crippen LogP contribution in [0.5, 0.6) is 11.5 Å². The molecule has 2 rings (SSSR count). The predicted molar refractivity (Wildman–Crippen MR) is 75.9 cm³/mol. The van der Waals surface area contributed by atoms with Crippen LogP contribution in [0.25, 0.3) is 0 Å². The van der Waals surface area contributed by atoms with Gasteiger partial charge in [0.1, 0.15) is 17.1 Å². The predicted octanol–water partition coefficient (Wildman–Crippen LogP) is 3.61. The highest BCUT2D eigenvalue weighted by atomic mass is 35.5. The normalized spacial score (nSPS) is 10.3. The Kier molecular flexibility index (Phi) is 4.01. The molecule has 2 aromatic carbocycles. The Labute approximate surface area is 124 Å². The maximum atomic E-state index is 13.6. The smallest absolute Gasteiger partial charge is 0.255 e. The van der Waals surface area contributed by atoms with E-state index >= 15 is 0 Å². The molecule has 1 amide bonds. The Morgan fingerprint density at radius 1 is 1.15 bits per heavy atom. The second-order valence-corrected chi connectivity index (χ2v) is 4.70. The Morgan fingerprint density at radius 2 is 1.80 bits per heavy atom. The van der Waals surface area contributed by atoms with E-state index in [1.807, 2.05) is 0 Å². The van der Waals surface area contributed by atoms with Gasteiger partial charge in [-0.1, -0.05) is 29.3 Å². The lowest BCUT2D eigenvalue weighted by molar-refractivity contribution is 0.0994. The number of nitrogens with two attached hydrogens (primary N) is 2. The minimum atomic E-state index is -0.947. The summed E-state index contributed by atoms with van der Waals surface area (Å²) in [5.74, 6) is -1.64. The van der Waals surface area contributed by atoms with Crippen LogP contribution in [0, 0.1) is 5.82 Å². The summed E-state index contributed by atoms with van der Waals surface area (Å²) in [6, 6.07) is 6.64. The molecule has 104 valence electrons. The molecule has 0 aliphatic rings. The number of anilines is 1. The van der Waals surface area contributed by atoms with Gasteiger partial charge in [0.05, 0.1) is 15.7 Å². The summed E-state index contributed by atoms with van der Waals surface area (Å²) >= 11 is 11.6. The number of carbonyl (C=O) groups is 1. The lowest BCUT2D eigenvalue weighted by atomic mass is 10.1. The quantitative estimate of drug-likeness (QED) is 0.849. The number of rotatable bonds is 3. The van der Waals surface area contributed by atoms with E-state index in [2.05, 4.69) is 0 Å². The van der Waals surface area contributed by atoms with Crippen molar-refractivity contribution in [2.75, 3.05) is 5.73 Å². The summed E-state index contributed by atoms with van der Waals surface area (Å²) in [6.07, 6.45) is 0. The number of primary amides is 1. The van der Waals surface area contributed by atoms with Crippen LogP contribution in [0.1, 0.15) is 10.4 Å². The minimum absolute atomic E-state index is 0.0532. The van der Waals surface area contributed by atoms with Crippen LogP contribution in [0.4, 0.5) is 10.1 Å². The molecule has 0 atom stereocenters. The first kappa shape index (κ1) is 14.4. The second kappa shape index (κ2) is 5.56. The van der Waals surface area contributed by atoms with E-state index in [0.717, 1.165) is 6.07 Å². The zero-order valence-electron chi connectivity index (χ0n) is 9.99. The molecule has 4 nitrogen and oxygen atoms in total. The molecule has 4 N–H and O–H groups in total. The van der Waals surface area contributed by atoms with Crippen molar-refractivity contribution < 1.29 is 13.9 Å². The molecule has 2 aromatic rings. The number of hydrogen-bond donors (Lipinski definition) is 2. The van der Waals surface area contributed by atoms with Gasteiger partial charge in [0, 0.05) is 6.07 Å². The van der Waals surface area contributed by atoms with E-state index in [-0.39, 0.29) is 32.8 Å². The molecule has 0 bridgehead atoms. The van der Waals surface area contributed by atoms with Gasteiger partial charge in [-0.15, -0.1) is 0 Å². The van der Waals surface area contributed by atoms with E-state index in [9.17, 15) is 9.18 Å². The van der Waals surface area contributed by atoms with Gasteiger partial charge >= 0.3 is 0 Å². The van der Waals surface area contributed by atoms with Gasteiger partial charge in [0.15, 0.2) is 5.75 Å². The molecule has 0 aliphatic carbocycles. The number of ether oxygens (including phenoxy) is 1. The highest BCUT2D eigenvalue weighted by molar-refractivity contribution is 6.42. The van der Waals surface area contributed by atoms with E-state index in [4.69, 9.17) is 39.4 Å². The minimum Gasteiger partial charge on any atom is -0.454 e. The fraction of sp³-hybridized carbons (Fsp3) is 0. The van der Waals surface area contributed by atoms with E-state index in [1.165, 1.54) is 24.3 Å². The summed E-state index contributed by atoms with van der Waals surface area (Å²) in [5, 5.41) is 0.471. The molecule has 0 saturated carbocycles. The summed E-state index contributed by atoms with van der Waals surface area (Å²) in [4.78, 5) is 11.3. The Bertz CT molecular complexity index is 692. The fourth-order valence-electron chi connectivity index (χ4n) is 1.58. The summed E-state index contributed by atoms with van der Waals surface area (Å²) in [5.41, 5.74) is 10.7. The summed E-state index contributed by atoms with van der Waals surface area (Å²) < 4.78 is 19.0. The number of amides is 1. The third kappa shape index (κ3) is 2.79. The number of nitrogen functional groups attached to an aromatic ring is 1. The van der Waals surface area contributed by atoms with Crippen LogP contribution in [-0.2, 0) is 0 Å². The molecule has 0 spiro atoms. The molecule has 0 radical (unpaired) electrons. The van der Waals surface area contributed by atoms with Gasteiger partial charge in [0.2, 0.25) is 0 Å². The summed E-state index contributed by atoms with van der Waals surface area (Å²) in [6.45, 7) is 0. The van der Waals surface area contributed by atoms with E-state index in [1.54, 1.807) is 0 Å². The Hall–Kier alpha value is -1.98. The largest absolute Gasteiger partial charge is 0.454 e. The van der Waals surface area contributed by atoms with E-state index < -0.39 is 11.7 Å². The van der Waals surface area contributed by atoms with Gasteiger partial charge in [-0.25, -0.2) is 4.39 Å². The third-order valence-electron chi connectivity index (χ3n) is 2.49. The number of hydrogen-bond acceptors (Lipinski definition) is 3. The number of halogens is 3.